The summed E-state index contributed by atoms with van der Waals surface area (Å²) in [7, 11) is 1.72. The Hall–Kier alpha value is -1.82. The van der Waals surface area contributed by atoms with E-state index >= 15 is 0 Å². The van der Waals surface area contributed by atoms with Gasteiger partial charge in [0.15, 0.2) is 0 Å². The summed E-state index contributed by atoms with van der Waals surface area (Å²) in [5.74, 6) is -0.497. The van der Waals surface area contributed by atoms with Gasteiger partial charge in [-0.25, -0.2) is 0 Å². The monoisotopic (exact) mass is 377 g/mol. The summed E-state index contributed by atoms with van der Waals surface area (Å²) >= 11 is 1.52. The number of hydrogen-bond donors (Lipinski definition) is 2. The first-order valence-corrected chi connectivity index (χ1v) is 10.0. The van der Waals surface area contributed by atoms with Gasteiger partial charge in [-0.1, -0.05) is 58.4 Å². The number of rotatable bonds is 8. The van der Waals surface area contributed by atoms with Crippen LogP contribution in [0, 0.1) is 5.92 Å². The number of phenols is 1. The highest BCUT2D eigenvalue weighted by molar-refractivity contribution is 8.27. The number of primary amides is 1. The predicted octanol–water partition coefficient (Wildman–Crippen LogP) is 4.62. The minimum atomic E-state index is -0.650. The normalized spacial score (nSPS) is 13.9. The number of benzene rings is 1. The number of aliphatic imine (C=N–C) groups is 2. The zero-order chi connectivity index (χ0) is 19.7. The van der Waals surface area contributed by atoms with E-state index in [1.54, 1.807) is 13.1 Å². The standard InChI is InChI=1S/C20H31N3O2S/c1-6-8-9-15(7-2)23-19(13(3)4)26-20(22-5)14-10-11-16(18(21)25)17(24)12-14/h10-13,15,24H,6-9H2,1-5H3,(H2,21,25). The molecule has 0 saturated carbocycles. The van der Waals surface area contributed by atoms with Crippen molar-refractivity contribution in [3.63, 3.8) is 0 Å². The van der Waals surface area contributed by atoms with Gasteiger partial charge >= 0.3 is 0 Å². The third kappa shape index (κ3) is 6.48. The summed E-state index contributed by atoms with van der Waals surface area (Å²) in [5, 5.41) is 11.8. The minimum absolute atomic E-state index is 0.109. The van der Waals surface area contributed by atoms with Crippen LogP contribution in [0.25, 0.3) is 0 Å². The molecule has 0 bridgehead atoms. The molecule has 0 aliphatic heterocycles. The molecule has 144 valence electrons. The fourth-order valence-corrected chi connectivity index (χ4v) is 3.45. The van der Waals surface area contributed by atoms with Gasteiger partial charge in [0, 0.05) is 18.5 Å². The molecule has 0 aliphatic rings. The van der Waals surface area contributed by atoms with Crippen molar-refractivity contribution in [3.8, 4) is 5.75 Å². The Bertz CT molecular complexity index is 669. The highest BCUT2D eigenvalue weighted by atomic mass is 32.2. The highest BCUT2D eigenvalue weighted by Crippen LogP contribution is 2.26. The Morgan fingerprint density at radius 2 is 2.00 bits per heavy atom. The van der Waals surface area contributed by atoms with E-state index in [-0.39, 0.29) is 17.2 Å². The maximum atomic E-state index is 11.3. The third-order valence-electron chi connectivity index (χ3n) is 4.08. The lowest BCUT2D eigenvalue weighted by atomic mass is 10.1. The van der Waals surface area contributed by atoms with Gasteiger partial charge in [-0.2, -0.15) is 0 Å². The zero-order valence-electron chi connectivity index (χ0n) is 16.5. The number of nitrogens with two attached hydrogens (primary N) is 1. The summed E-state index contributed by atoms with van der Waals surface area (Å²) in [6.07, 6.45) is 4.46. The average Bonchev–Trinajstić information content (AvgIpc) is 2.60. The quantitative estimate of drug-likeness (QED) is 0.511. The lowest BCUT2D eigenvalue weighted by Crippen LogP contribution is -2.14. The Balaban J connectivity index is 3.08. The van der Waals surface area contributed by atoms with Crippen LogP contribution >= 0.6 is 11.8 Å². The molecular weight excluding hydrogens is 346 g/mol. The molecule has 6 heteroatoms. The number of carbonyl (C=O) groups excluding carboxylic acids is 1. The molecule has 1 atom stereocenters. The van der Waals surface area contributed by atoms with E-state index < -0.39 is 5.91 Å². The molecule has 1 amide bonds. The lowest BCUT2D eigenvalue weighted by Gasteiger charge is -2.16. The molecule has 0 heterocycles. The molecule has 0 spiro atoms. The van der Waals surface area contributed by atoms with Crippen LogP contribution in [0.2, 0.25) is 0 Å². The summed E-state index contributed by atoms with van der Waals surface area (Å²) in [6.45, 7) is 8.61. The molecule has 0 aromatic heterocycles. The van der Waals surface area contributed by atoms with Crippen LogP contribution in [0.1, 0.15) is 69.3 Å². The van der Waals surface area contributed by atoms with Crippen molar-refractivity contribution in [2.24, 2.45) is 21.6 Å². The molecule has 3 N–H and O–H groups in total. The SMILES string of the molecule is CCCCC(CC)N=C(SC(=NC)c1ccc(C(N)=O)c(O)c1)C(C)C. The number of aromatic hydroxyl groups is 1. The van der Waals surface area contributed by atoms with Gasteiger partial charge < -0.3 is 10.8 Å². The van der Waals surface area contributed by atoms with E-state index in [9.17, 15) is 9.90 Å². The van der Waals surface area contributed by atoms with Crippen molar-refractivity contribution >= 4 is 27.8 Å². The van der Waals surface area contributed by atoms with E-state index in [1.807, 2.05) is 0 Å². The van der Waals surface area contributed by atoms with Crippen molar-refractivity contribution in [2.45, 2.75) is 59.4 Å². The van der Waals surface area contributed by atoms with Crippen LogP contribution in [-0.4, -0.2) is 34.2 Å². The molecular formula is C20H31N3O2S. The summed E-state index contributed by atoms with van der Waals surface area (Å²) in [4.78, 5) is 20.6. The minimum Gasteiger partial charge on any atom is -0.507 e. The molecule has 1 aromatic rings. The van der Waals surface area contributed by atoms with Crippen molar-refractivity contribution in [3.05, 3.63) is 29.3 Å². The predicted molar refractivity (Wildman–Crippen MR) is 113 cm³/mol. The van der Waals surface area contributed by atoms with Gasteiger partial charge in [-0.3, -0.25) is 14.8 Å². The Morgan fingerprint density at radius 1 is 1.31 bits per heavy atom. The number of unbranched alkanes of at least 4 members (excludes halogenated alkanes) is 1. The summed E-state index contributed by atoms with van der Waals surface area (Å²) in [5.41, 5.74) is 6.10. The number of thioether (sulfide) groups is 1. The zero-order valence-corrected chi connectivity index (χ0v) is 17.3. The van der Waals surface area contributed by atoms with Gasteiger partial charge in [-0.05, 0) is 25.0 Å². The highest BCUT2D eigenvalue weighted by Gasteiger charge is 2.16. The second-order valence-corrected chi connectivity index (χ2v) is 7.56. The third-order valence-corrected chi connectivity index (χ3v) is 5.48. The number of amides is 1. The Labute approximate surface area is 161 Å². The van der Waals surface area contributed by atoms with Crippen LogP contribution in [0.4, 0.5) is 0 Å². The van der Waals surface area contributed by atoms with Crippen LogP contribution < -0.4 is 5.73 Å². The maximum absolute atomic E-state index is 11.3. The second kappa shape index (κ2) is 11.0. The number of carbonyl (C=O) groups is 1. The molecule has 5 nitrogen and oxygen atoms in total. The first-order valence-electron chi connectivity index (χ1n) is 9.19. The van der Waals surface area contributed by atoms with Gasteiger partial charge in [0.25, 0.3) is 5.91 Å². The molecule has 26 heavy (non-hydrogen) atoms. The van der Waals surface area contributed by atoms with Gasteiger partial charge in [0.2, 0.25) is 0 Å². The second-order valence-electron chi connectivity index (χ2n) is 6.55. The molecule has 1 unspecified atom stereocenters. The van der Waals surface area contributed by atoms with Crippen molar-refractivity contribution in [2.75, 3.05) is 7.05 Å². The van der Waals surface area contributed by atoms with Gasteiger partial charge in [-0.15, -0.1) is 0 Å². The fourth-order valence-electron chi connectivity index (χ4n) is 2.48. The number of hydrogen-bond acceptors (Lipinski definition) is 5. The molecule has 0 aliphatic carbocycles. The number of nitrogens with zero attached hydrogens (tertiary/aromatic N) is 2. The Kier molecular flexibility index (Phi) is 9.41. The maximum Gasteiger partial charge on any atom is 0.252 e. The lowest BCUT2D eigenvalue weighted by molar-refractivity contribution is 0.0998. The van der Waals surface area contributed by atoms with Crippen LogP contribution in [0.5, 0.6) is 5.75 Å². The Morgan fingerprint density at radius 3 is 2.46 bits per heavy atom. The molecule has 1 rings (SSSR count). The van der Waals surface area contributed by atoms with Crippen molar-refractivity contribution in [1.29, 1.82) is 0 Å². The van der Waals surface area contributed by atoms with Gasteiger partial charge in [0.05, 0.1) is 16.6 Å². The first kappa shape index (κ1) is 22.2. The van der Waals surface area contributed by atoms with Crippen molar-refractivity contribution in [1.82, 2.24) is 0 Å². The largest absolute Gasteiger partial charge is 0.507 e. The van der Waals surface area contributed by atoms with E-state index in [2.05, 4.69) is 32.7 Å². The summed E-state index contributed by atoms with van der Waals surface area (Å²) in [6, 6.07) is 5.13. The first-order chi connectivity index (χ1) is 12.3. The van der Waals surface area contributed by atoms with Crippen LogP contribution in [-0.2, 0) is 0 Å². The van der Waals surface area contributed by atoms with Crippen molar-refractivity contribution < 1.29 is 9.90 Å². The molecule has 0 fully saturated rings. The smallest absolute Gasteiger partial charge is 0.252 e. The van der Waals surface area contributed by atoms with Crippen LogP contribution in [0.3, 0.4) is 0 Å². The van der Waals surface area contributed by atoms with Gasteiger partial charge in [0.1, 0.15) is 10.8 Å². The molecule has 0 saturated heterocycles. The molecule has 1 aromatic carbocycles. The fraction of sp³-hybridized carbons (Fsp3) is 0.550. The topological polar surface area (TPSA) is 88.0 Å². The van der Waals surface area contributed by atoms with E-state index in [0.29, 0.717) is 6.04 Å². The van der Waals surface area contributed by atoms with E-state index in [1.165, 1.54) is 36.7 Å². The van der Waals surface area contributed by atoms with E-state index in [4.69, 9.17) is 10.7 Å². The molecule has 0 radical (unpaired) electrons. The summed E-state index contributed by atoms with van der Waals surface area (Å²) < 4.78 is 0. The average molecular weight is 378 g/mol. The van der Waals surface area contributed by atoms with Crippen LogP contribution in [0.15, 0.2) is 28.2 Å². The van der Waals surface area contributed by atoms with E-state index in [0.717, 1.165) is 28.5 Å².